The average Bonchev–Trinajstić information content (AvgIpc) is 2.38. The zero-order valence-electron chi connectivity index (χ0n) is 11.5. The molecule has 5 nitrogen and oxygen atoms in total. The predicted molar refractivity (Wildman–Crippen MR) is 74.2 cm³/mol. The van der Waals surface area contributed by atoms with E-state index >= 15 is 0 Å². The Morgan fingerprint density at radius 3 is 2.35 bits per heavy atom. The summed E-state index contributed by atoms with van der Waals surface area (Å²) in [5.74, 6) is -1.37. The third-order valence-electron chi connectivity index (χ3n) is 2.85. The number of rotatable bonds is 8. The third-order valence-corrected chi connectivity index (χ3v) is 2.85. The highest BCUT2D eigenvalue weighted by Crippen LogP contribution is 2.04. The first-order chi connectivity index (χ1) is 9.49. The minimum atomic E-state index is -1.06. The van der Waals surface area contributed by atoms with Gasteiger partial charge in [-0.3, -0.25) is 4.79 Å². The van der Waals surface area contributed by atoms with E-state index in [4.69, 9.17) is 5.11 Å². The average molecular weight is 277 g/mol. The molecule has 0 aliphatic rings. The van der Waals surface area contributed by atoms with Crippen LogP contribution in [-0.2, 0) is 20.8 Å². The van der Waals surface area contributed by atoms with E-state index in [2.05, 4.69) is 5.32 Å². The molecule has 1 rings (SSSR count). The van der Waals surface area contributed by atoms with Crippen LogP contribution in [0.1, 0.15) is 31.7 Å². The molecule has 5 heteroatoms. The summed E-state index contributed by atoms with van der Waals surface area (Å²) in [5.41, 5.74) is 0.851. The molecule has 0 radical (unpaired) electrons. The molecule has 0 saturated carbocycles. The Labute approximate surface area is 118 Å². The van der Waals surface area contributed by atoms with Crippen LogP contribution in [-0.4, -0.2) is 28.8 Å². The number of amides is 1. The van der Waals surface area contributed by atoms with E-state index < -0.39 is 12.0 Å². The topological polar surface area (TPSA) is 83.5 Å². The fourth-order valence-corrected chi connectivity index (χ4v) is 1.81. The molecule has 0 fully saturated rings. The third kappa shape index (κ3) is 6.13. The SMILES string of the molecule is CC(=O)CCCC(=O)N[C@@H](Cc1ccccc1)C(=O)O. The highest BCUT2D eigenvalue weighted by atomic mass is 16.4. The largest absolute Gasteiger partial charge is 0.480 e. The van der Waals surface area contributed by atoms with Crippen LogP contribution in [0.4, 0.5) is 0 Å². The van der Waals surface area contributed by atoms with Gasteiger partial charge in [-0.15, -0.1) is 0 Å². The number of benzene rings is 1. The number of carboxylic acid groups (broad SMARTS) is 1. The lowest BCUT2D eigenvalue weighted by Gasteiger charge is -2.14. The lowest BCUT2D eigenvalue weighted by Crippen LogP contribution is -2.42. The molecule has 0 spiro atoms. The first-order valence-corrected chi connectivity index (χ1v) is 6.54. The lowest BCUT2D eigenvalue weighted by atomic mass is 10.1. The van der Waals surface area contributed by atoms with E-state index in [1.807, 2.05) is 30.3 Å². The summed E-state index contributed by atoms with van der Waals surface area (Å²) < 4.78 is 0. The van der Waals surface area contributed by atoms with Crippen molar-refractivity contribution in [1.29, 1.82) is 0 Å². The van der Waals surface area contributed by atoms with E-state index in [1.165, 1.54) is 6.92 Å². The summed E-state index contributed by atoms with van der Waals surface area (Å²) >= 11 is 0. The van der Waals surface area contributed by atoms with Crippen LogP contribution in [0.2, 0.25) is 0 Å². The molecule has 1 aromatic carbocycles. The molecular formula is C15H19NO4. The number of hydrogen-bond acceptors (Lipinski definition) is 3. The quantitative estimate of drug-likeness (QED) is 0.755. The fourth-order valence-electron chi connectivity index (χ4n) is 1.81. The van der Waals surface area contributed by atoms with Gasteiger partial charge in [-0.2, -0.15) is 0 Å². The van der Waals surface area contributed by atoms with Gasteiger partial charge in [-0.05, 0) is 18.9 Å². The summed E-state index contributed by atoms with van der Waals surface area (Å²) in [5, 5.41) is 11.6. The molecule has 1 aromatic rings. The minimum Gasteiger partial charge on any atom is -0.480 e. The van der Waals surface area contributed by atoms with Crippen molar-refractivity contribution in [2.24, 2.45) is 0 Å². The van der Waals surface area contributed by atoms with Gasteiger partial charge in [0, 0.05) is 19.3 Å². The zero-order chi connectivity index (χ0) is 15.0. The molecule has 0 heterocycles. The van der Waals surface area contributed by atoms with Crippen molar-refractivity contribution in [2.75, 3.05) is 0 Å². The van der Waals surface area contributed by atoms with Gasteiger partial charge in [0.25, 0.3) is 0 Å². The fraction of sp³-hybridized carbons (Fsp3) is 0.400. The van der Waals surface area contributed by atoms with E-state index in [0.29, 0.717) is 12.8 Å². The van der Waals surface area contributed by atoms with Crippen LogP contribution in [0.5, 0.6) is 0 Å². The molecule has 0 aliphatic carbocycles. The Morgan fingerprint density at radius 2 is 1.80 bits per heavy atom. The Hall–Kier alpha value is -2.17. The van der Waals surface area contributed by atoms with Crippen LogP contribution in [0, 0.1) is 0 Å². The number of nitrogens with one attached hydrogen (secondary N) is 1. The van der Waals surface area contributed by atoms with Crippen molar-refractivity contribution >= 4 is 17.7 Å². The van der Waals surface area contributed by atoms with E-state index in [0.717, 1.165) is 5.56 Å². The minimum absolute atomic E-state index is 0.0249. The normalized spacial score (nSPS) is 11.7. The van der Waals surface area contributed by atoms with Gasteiger partial charge < -0.3 is 15.2 Å². The smallest absolute Gasteiger partial charge is 0.326 e. The summed E-state index contributed by atoms with van der Waals surface area (Å²) in [6.07, 6.45) is 1.19. The molecule has 1 atom stereocenters. The first-order valence-electron chi connectivity index (χ1n) is 6.54. The van der Waals surface area contributed by atoms with Crippen molar-refractivity contribution in [3.63, 3.8) is 0 Å². The second-order valence-corrected chi connectivity index (χ2v) is 4.70. The van der Waals surface area contributed by atoms with Gasteiger partial charge in [0.15, 0.2) is 0 Å². The summed E-state index contributed by atoms with van der Waals surface area (Å²) in [6.45, 7) is 1.47. The Bertz CT molecular complexity index is 470. The Morgan fingerprint density at radius 1 is 1.15 bits per heavy atom. The van der Waals surface area contributed by atoms with Crippen LogP contribution in [0.3, 0.4) is 0 Å². The predicted octanol–water partition coefficient (Wildman–Crippen LogP) is 1.56. The van der Waals surface area contributed by atoms with E-state index in [-0.39, 0.29) is 24.5 Å². The Balaban J connectivity index is 2.49. The molecule has 0 saturated heterocycles. The molecule has 108 valence electrons. The van der Waals surface area contributed by atoms with Crippen LogP contribution < -0.4 is 5.32 Å². The molecule has 0 aliphatic heterocycles. The van der Waals surface area contributed by atoms with Crippen molar-refractivity contribution in [2.45, 2.75) is 38.6 Å². The van der Waals surface area contributed by atoms with Gasteiger partial charge in [0.2, 0.25) is 5.91 Å². The van der Waals surface area contributed by atoms with Crippen LogP contribution in [0.15, 0.2) is 30.3 Å². The van der Waals surface area contributed by atoms with Crippen molar-refractivity contribution in [1.82, 2.24) is 5.32 Å². The maximum Gasteiger partial charge on any atom is 0.326 e. The molecule has 0 unspecified atom stereocenters. The second-order valence-electron chi connectivity index (χ2n) is 4.70. The van der Waals surface area contributed by atoms with Gasteiger partial charge in [-0.25, -0.2) is 4.79 Å². The number of carbonyl (C=O) groups is 3. The van der Waals surface area contributed by atoms with E-state index in [1.54, 1.807) is 0 Å². The molecule has 0 bridgehead atoms. The van der Waals surface area contributed by atoms with Crippen molar-refractivity contribution in [3.05, 3.63) is 35.9 Å². The molecular weight excluding hydrogens is 258 g/mol. The number of ketones is 1. The number of aliphatic carboxylic acids is 1. The van der Waals surface area contributed by atoms with Gasteiger partial charge in [-0.1, -0.05) is 30.3 Å². The second kappa shape index (κ2) is 8.09. The number of hydrogen-bond donors (Lipinski definition) is 2. The monoisotopic (exact) mass is 277 g/mol. The first kappa shape index (κ1) is 15.9. The highest BCUT2D eigenvalue weighted by molar-refractivity contribution is 5.84. The maximum absolute atomic E-state index is 11.6. The molecule has 1 amide bonds. The maximum atomic E-state index is 11.6. The van der Waals surface area contributed by atoms with Crippen molar-refractivity contribution in [3.8, 4) is 0 Å². The molecule has 20 heavy (non-hydrogen) atoms. The lowest BCUT2D eigenvalue weighted by molar-refractivity contribution is -0.141. The number of carbonyl (C=O) groups excluding carboxylic acids is 2. The van der Waals surface area contributed by atoms with Gasteiger partial charge in [0.1, 0.15) is 11.8 Å². The Kier molecular flexibility index (Phi) is 6.43. The standard InChI is InChI=1S/C15H19NO4/c1-11(17)6-5-9-14(18)16-13(15(19)20)10-12-7-3-2-4-8-12/h2-4,7-8,13H,5-6,9-10H2,1H3,(H,16,18)(H,19,20)/t13-/m0/s1. The van der Waals surface area contributed by atoms with Gasteiger partial charge in [0.05, 0.1) is 0 Å². The van der Waals surface area contributed by atoms with Crippen LogP contribution >= 0.6 is 0 Å². The van der Waals surface area contributed by atoms with Gasteiger partial charge >= 0.3 is 5.97 Å². The summed E-state index contributed by atoms with van der Waals surface area (Å²) in [4.78, 5) is 33.6. The number of carboxylic acids is 1. The molecule has 0 aromatic heterocycles. The van der Waals surface area contributed by atoms with Crippen LogP contribution in [0.25, 0.3) is 0 Å². The van der Waals surface area contributed by atoms with E-state index in [9.17, 15) is 14.4 Å². The zero-order valence-corrected chi connectivity index (χ0v) is 11.5. The number of Topliss-reactive ketones (excluding diaryl/α,β-unsaturated/α-hetero) is 1. The summed E-state index contributed by atoms with van der Waals surface area (Å²) in [7, 11) is 0. The molecule has 2 N–H and O–H groups in total. The van der Waals surface area contributed by atoms with Crippen molar-refractivity contribution < 1.29 is 19.5 Å². The highest BCUT2D eigenvalue weighted by Gasteiger charge is 2.20. The summed E-state index contributed by atoms with van der Waals surface area (Å²) in [6, 6.07) is 8.18.